The molecule has 1 aromatic rings. The Kier molecular flexibility index (Phi) is 2.91. The number of allylic oxidation sites excluding steroid dienone is 1. The number of unbranched alkanes of at least 4 members (excludes halogenated alkanes) is 1. The summed E-state index contributed by atoms with van der Waals surface area (Å²) in [4.78, 5) is 21.9. The summed E-state index contributed by atoms with van der Waals surface area (Å²) in [5, 5.41) is 10.9. The predicted octanol–water partition coefficient (Wildman–Crippen LogP) is 2.91. The van der Waals surface area contributed by atoms with E-state index < -0.39 is 10.9 Å². The van der Waals surface area contributed by atoms with Crippen molar-refractivity contribution < 1.29 is 14.5 Å². The van der Waals surface area contributed by atoms with E-state index in [0.29, 0.717) is 17.7 Å². The van der Waals surface area contributed by atoms with Gasteiger partial charge in [0, 0.05) is 6.07 Å². The van der Waals surface area contributed by atoms with Gasteiger partial charge in [0.15, 0.2) is 0 Å². The van der Waals surface area contributed by atoms with Crippen LogP contribution in [0, 0.1) is 10.1 Å². The Morgan fingerprint density at radius 3 is 2.88 bits per heavy atom. The van der Waals surface area contributed by atoms with Gasteiger partial charge in [-0.25, -0.2) is 4.79 Å². The molecule has 0 saturated heterocycles. The van der Waals surface area contributed by atoms with Gasteiger partial charge in [-0.3, -0.25) is 10.1 Å². The molecular weight excluding hydrogens is 222 g/mol. The number of nitrogens with zero attached hydrogens (tertiary/aromatic N) is 1. The van der Waals surface area contributed by atoms with E-state index in [4.69, 9.17) is 4.74 Å². The zero-order valence-corrected chi connectivity index (χ0v) is 9.30. The van der Waals surface area contributed by atoms with E-state index in [2.05, 4.69) is 0 Å². The largest absolute Gasteiger partial charge is 0.422 e. The van der Waals surface area contributed by atoms with E-state index >= 15 is 0 Å². The Balaban J connectivity index is 2.57. The average molecular weight is 233 g/mol. The number of fused-ring (bicyclic) bond motifs is 1. The molecule has 0 radical (unpaired) electrons. The fourth-order valence-corrected chi connectivity index (χ4v) is 1.75. The third kappa shape index (κ3) is 1.91. The average Bonchev–Trinajstić information content (AvgIpc) is 2.64. The quantitative estimate of drug-likeness (QED) is 0.457. The highest BCUT2D eigenvalue weighted by Crippen LogP contribution is 2.36. The minimum atomic E-state index is -0.522. The fourth-order valence-electron chi connectivity index (χ4n) is 1.75. The second-order valence-electron chi connectivity index (χ2n) is 3.70. The first-order valence-electron chi connectivity index (χ1n) is 5.35. The number of nitro groups is 1. The standard InChI is InChI=1S/C12H11NO4/c1-2-3-7-10-11-8(12(14)17-10)5-4-6-9(11)13(15)16/h4-7H,2-3H2,1H3. The smallest absolute Gasteiger partial charge is 0.344 e. The van der Waals surface area contributed by atoms with Crippen LogP contribution in [0.3, 0.4) is 0 Å². The molecule has 0 saturated carbocycles. The molecule has 1 aliphatic heterocycles. The van der Waals surface area contributed by atoms with Crippen molar-refractivity contribution in [3.05, 3.63) is 45.5 Å². The Morgan fingerprint density at radius 2 is 2.24 bits per heavy atom. The van der Waals surface area contributed by atoms with E-state index in [-0.39, 0.29) is 11.3 Å². The van der Waals surface area contributed by atoms with Crippen LogP contribution in [0.2, 0.25) is 0 Å². The van der Waals surface area contributed by atoms with Crippen LogP contribution in [-0.2, 0) is 4.74 Å². The summed E-state index contributed by atoms with van der Waals surface area (Å²) < 4.78 is 5.04. The minimum Gasteiger partial charge on any atom is -0.422 e. The topological polar surface area (TPSA) is 69.4 Å². The number of cyclic esters (lactones) is 1. The maximum absolute atomic E-state index is 11.5. The molecule has 0 spiro atoms. The van der Waals surface area contributed by atoms with E-state index in [1.54, 1.807) is 6.08 Å². The first-order chi connectivity index (χ1) is 8.15. The number of hydrogen-bond acceptors (Lipinski definition) is 4. The highest BCUT2D eigenvalue weighted by Gasteiger charge is 2.33. The molecule has 0 amide bonds. The van der Waals surface area contributed by atoms with E-state index in [0.717, 1.165) is 6.42 Å². The van der Waals surface area contributed by atoms with Crippen LogP contribution >= 0.6 is 0 Å². The van der Waals surface area contributed by atoms with Crippen molar-refractivity contribution >= 4 is 17.4 Å². The molecule has 1 aliphatic rings. The highest BCUT2D eigenvalue weighted by molar-refractivity contribution is 6.04. The van der Waals surface area contributed by atoms with Gasteiger partial charge < -0.3 is 4.74 Å². The number of carbonyl (C=O) groups excluding carboxylic acids is 1. The van der Waals surface area contributed by atoms with Gasteiger partial charge in [0.05, 0.1) is 10.5 Å². The SMILES string of the molecule is CCCC=C1OC(=O)c2cccc([N+](=O)[O-])c21. The van der Waals surface area contributed by atoms with Crippen LogP contribution in [0.1, 0.15) is 35.7 Å². The van der Waals surface area contributed by atoms with Crippen molar-refractivity contribution in [2.45, 2.75) is 19.8 Å². The van der Waals surface area contributed by atoms with Crippen LogP contribution in [0.5, 0.6) is 0 Å². The lowest BCUT2D eigenvalue weighted by Gasteiger charge is -1.99. The third-order valence-electron chi connectivity index (χ3n) is 2.53. The van der Waals surface area contributed by atoms with Gasteiger partial charge in [-0.2, -0.15) is 0 Å². The third-order valence-corrected chi connectivity index (χ3v) is 2.53. The lowest BCUT2D eigenvalue weighted by molar-refractivity contribution is -0.385. The van der Waals surface area contributed by atoms with Crippen molar-refractivity contribution in [2.24, 2.45) is 0 Å². The van der Waals surface area contributed by atoms with Crippen LogP contribution < -0.4 is 0 Å². The number of hydrogen-bond donors (Lipinski definition) is 0. The molecule has 2 rings (SSSR count). The van der Waals surface area contributed by atoms with Gasteiger partial charge in [0.25, 0.3) is 5.69 Å². The molecule has 0 bridgehead atoms. The van der Waals surface area contributed by atoms with Gasteiger partial charge in [-0.1, -0.05) is 19.4 Å². The Bertz CT molecular complexity index is 519. The molecule has 5 heteroatoms. The van der Waals surface area contributed by atoms with Crippen molar-refractivity contribution in [1.82, 2.24) is 0 Å². The summed E-state index contributed by atoms with van der Waals surface area (Å²) in [6.45, 7) is 1.98. The second kappa shape index (κ2) is 4.37. The summed E-state index contributed by atoms with van der Waals surface area (Å²) in [6, 6.07) is 4.40. The van der Waals surface area contributed by atoms with Crippen molar-refractivity contribution in [3.8, 4) is 0 Å². The van der Waals surface area contributed by atoms with Crippen LogP contribution in [0.4, 0.5) is 5.69 Å². The maximum atomic E-state index is 11.5. The lowest BCUT2D eigenvalue weighted by atomic mass is 10.1. The second-order valence-corrected chi connectivity index (χ2v) is 3.70. The summed E-state index contributed by atoms with van der Waals surface area (Å²) >= 11 is 0. The molecule has 0 N–H and O–H groups in total. The Morgan fingerprint density at radius 1 is 1.47 bits per heavy atom. The number of ether oxygens (including phenoxy) is 1. The molecule has 1 heterocycles. The van der Waals surface area contributed by atoms with Crippen molar-refractivity contribution in [1.29, 1.82) is 0 Å². The van der Waals surface area contributed by atoms with Gasteiger partial charge in [-0.05, 0) is 18.6 Å². The first-order valence-corrected chi connectivity index (χ1v) is 5.35. The van der Waals surface area contributed by atoms with E-state index in [9.17, 15) is 14.9 Å². The molecule has 0 aliphatic carbocycles. The molecule has 5 nitrogen and oxygen atoms in total. The van der Waals surface area contributed by atoms with E-state index in [1.165, 1.54) is 18.2 Å². The molecule has 0 atom stereocenters. The number of esters is 1. The zero-order chi connectivity index (χ0) is 12.4. The first kappa shape index (κ1) is 11.3. The molecule has 0 unspecified atom stereocenters. The zero-order valence-electron chi connectivity index (χ0n) is 9.30. The number of nitro benzene ring substituents is 1. The lowest BCUT2D eigenvalue weighted by Crippen LogP contribution is -1.95. The molecule has 0 aromatic heterocycles. The maximum Gasteiger partial charge on any atom is 0.344 e. The van der Waals surface area contributed by atoms with E-state index in [1.807, 2.05) is 6.92 Å². The molecule has 0 fully saturated rings. The minimum absolute atomic E-state index is 0.0873. The van der Waals surface area contributed by atoms with Crippen molar-refractivity contribution in [2.75, 3.05) is 0 Å². The Labute approximate surface area is 97.9 Å². The number of rotatable bonds is 3. The number of carbonyl (C=O) groups is 1. The van der Waals surface area contributed by atoms with Gasteiger partial charge >= 0.3 is 5.97 Å². The van der Waals surface area contributed by atoms with Crippen LogP contribution in [0.15, 0.2) is 24.3 Å². The number of benzene rings is 1. The van der Waals surface area contributed by atoms with Gasteiger partial charge in [-0.15, -0.1) is 0 Å². The van der Waals surface area contributed by atoms with Crippen LogP contribution in [-0.4, -0.2) is 10.9 Å². The molecule has 88 valence electrons. The molecular formula is C12H11NO4. The summed E-state index contributed by atoms with van der Waals surface area (Å²) in [6.07, 6.45) is 3.32. The predicted molar refractivity (Wildman–Crippen MR) is 61.4 cm³/mol. The summed E-state index contributed by atoms with van der Waals surface area (Å²) in [7, 11) is 0. The van der Waals surface area contributed by atoms with Crippen LogP contribution in [0.25, 0.3) is 5.76 Å². The normalized spacial score (nSPS) is 15.8. The molecule has 17 heavy (non-hydrogen) atoms. The summed E-state index contributed by atoms with van der Waals surface area (Å²) in [5.74, 6) is -0.217. The van der Waals surface area contributed by atoms with Crippen molar-refractivity contribution in [3.63, 3.8) is 0 Å². The monoisotopic (exact) mass is 233 g/mol. The highest BCUT2D eigenvalue weighted by atomic mass is 16.6. The Hall–Kier alpha value is -2.17. The van der Waals surface area contributed by atoms with Gasteiger partial charge in [0.2, 0.25) is 0 Å². The fraction of sp³-hybridized carbons (Fsp3) is 0.250. The summed E-state index contributed by atoms with van der Waals surface area (Å²) in [5.41, 5.74) is 0.480. The van der Waals surface area contributed by atoms with Gasteiger partial charge in [0.1, 0.15) is 11.3 Å². The molecule has 1 aromatic carbocycles.